The molecule has 1 aromatic heterocycles. The first-order valence-corrected chi connectivity index (χ1v) is 12.6. The lowest BCUT2D eigenvalue weighted by molar-refractivity contribution is 0.0713. The second kappa shape index (κ2) is 9.24. The summed E-state index contributed by atoms with van der Waals surface area (Å²) in [5.74, 6) is 1.19. The number of sulfonamides is 1. The molecule has 0 unspecified atom stereocenters. The van der Waals surface area contributed by atoms with Gasteiger partial charge in [-0.25, -0.2) is 8.42 Å². The largest absolute Gasteiger partial charge is 0.497 e. The van der Waals surface area contributed by atoms with E-state index >= 15 is 0 Å². The van der Waals surface area contributed by atoms with Crippen LogP contribution in [0.25, 0.3) is 10.9 Å². The molecule has 0 spiro atoms. The van der Waals surface area contributed by atoms with Gasteiger partial charge in [0.25, 0.3) is 5.91 Å². The fourth-order valence-corrected chi connectivity index (χ4v) is 5.50. The molecule has 0 aliphatic carbocycles. The molecule has 170 valence electrons. The molecule has 1 saturated heterocycles. The molecule has 8 heteroatoms. The molecule has 2 heterocycles. The van der Waals surface area contributed by atoms with Crippen LogP contribution in [0.3, 0.4) is 0 Å². The molecule has 0 atom stereocenters. The van der Waals surface area contributed by atoms with Crippen LogP contribution >= 0.6 is 0 Å². The van der Waals surface area contributed by atoms with E-state index in [9.17, 15) is 13.2 Å². The second-order valence-electron chi connectivity index (χ2n) is 8.22. The van der Waals surface area contributed by atoms with Crippen LogP contribution in [-0.4, -0.2) is 50.2 Å². The number of piperidine rings is 1. The maximum Gasteiger partial charge on any atom is 0.253 e. The zero-order valence-corrected chi connectivity index (χ0v) is 19.2. The molecule has 0 saturated carbocycles. The zero-order chi connectivity index (χ0) is 22.7. The predicted molar refractivity (Wildman–Crippen MR) is 127 cm³/mol. The first-order chi connectivity index (χ1) is 15.4. The summed E-state index contributed by atoms with van der Waals surface area (Å²) in [6, 6.07) is 12.8. The molecule has 2 N–H and O–H groups in total. The van der Waals surface area contributed by atoms with Crippen molar-refractivity contribution in [2.24, 2.45) is 0 Å². The molecule has 7 nitrogen and oxygen atoms in total. The van der Waals surface area contributed by atoms with Gasteiger partial charge in [0, 0.05) is 41.4 Å². The molecule has 2 aromatic carbocycles. The number of carbonyl (C=O) groups is 1. The molecule has 32 heavy (non-hydrogen) atoms. The molecule has 1 amide bonds. The Bertz CT molecular complexity index is 1210. The van der Waals surface area contributed by atoms with Crippen LogP contribution in [0.15, 0.2) is 48.7 Å². The summed E-state index contributed by atoms with van der Waals surface area (Å²) in [4.78, 5) is 18.2. The van der Waals surface area contributed by atoms with Crippen LogP contribution in [-0.2, 0) is 10.0 Å². The number of aromatic nitrogens is 1. The van der Waals surface area contributed by atoms with Gasteiger partial charge in [-0.05, 0) is 67.1 Å². The Morgan fingerprint density at radius 2 is 1.97 bits per heavy atom. The highest BCUT2D eigenvalue weighted by Crippen LogP contribution is 2.35. The fourth-order valence-electron chi connectivity index (χ4n) is 4.38. The van der Waals surface area contributed by atoms with Crippen LogP contribution in [0.4, 0.5) is 5.69 Å². The highest BCUT2D eigenvalue weighted by atomic mass is 32.2. The normalized spacial score (nSPS) is 15.1. The zero-order valence-electron chi connectivity index (χ0n) is 18.4. The van der Waals surface area contributed by atoms with E-state index in [4.69, 9.17) is 4.74 Å². The molecule has 0 radical (unpaired) electrons. The van der Waals surface area contributed by atoms with Crippen LogP contribution in [0, 0.1) is 0 Å². The number of aromatic amines is 1. The van der Waals surface area contributed by atoms with E-state index in [0.717, 1.165) is 24.1 Å². The number of ether oxygens (including phenoxy) is 1. The quantitative estimate of drug-likeness (QED) is 0.554. The van der Waals surface area contributed by atoms with Crippen LogP contribution in [0.2, 0.25) is 0 Å². The first-order valence-electron chi connectivity index (χ1n) is 10.9. The smallest absolute Gasteiger partial charge is 0.253 e. The number of hydrogen-bond acceptors (Lipinski definition) is 4. The third kappa shape index (κ3) is 4.75. The monoisotopic (exact) mass is 455 g/mol. The molecular formula is C24H29N3O4S. The minimum Gasteiger partial charge on any atom is -0.497 e. The molecule has 1 fully saturated rings. The first kappa shape index (κ1) is 22.2. The Labute approximate surface area is 188 Å². The minimum atomic E-state index is -3.39. The van der Waals surface area contributed by atoms with Crippen molar-refractivity contribution in [1.29, 1.82) is 0 Å². The number of fused-ring (bicyclic) bond motifs is 1. The highest BCUT2D eigenvalue weighted by Gasteiger charge is 2.26. The number of anilines is 1. The van der Waals surface area contributed by atoms with Crippen molar-refractivity contribution < 1.29 is 17.9 Å². The fraction of sp³-hybridized carbons (Fsp3) is 0.375. The van der Waals surface area contributed by atoms with Gasteiger partial charge in [0.05, 0.1) is 12.9 Å². The lowest BCUT2D eigenvalue weighted by atomic mass is 9.89. The summed E-state index contributed by atoms with van der Waals surface area (Å²) in [7, 11) is -1.73. The number of H-pyrrole nitrogens is 1. The summed E-state index contributed by atoms with van der Waals surface area (Å²) >= 11 is 0. The number of nitrogens with zero attached hydrogens (tertiary/aromatic N) is 1. The van der Waals surface area contributed by atoms with Crippen LogP contribution < -0.4 is 9.46 Å². The standard InChI is InChI=1S/C24H29N3O4S/c1-3-13-32(29,30)26-19-6-4-5-18(14-19)24(28)27-11-9-17(10-12-27)22-16-25-23-8-7-20(31-2)15-21(22)23/h4-8,14-17,25-26H,3,9-13H2,1-2H3. The Balaban J connectivity index is 1.44. The second-order valence-corrected chi connectivity index (χ2v) is 10.1. The van der Waals surface area contributed by atoms with Crippen molar-refractivity contribution >= 4 is 32.5 Å². The summed E-state index contributed by atoms with van der Waals surface area (Å²) in [5, 5.41) is 1.17. The van der Waals surface area contributed by atoms with Gasteiger partial charge in [0.1, 0.15) is 5.75 Å². The van der Waals surface area contributed by atoms with E-state index in [2.05, 4.69) is 22.0 Å². The summed E-state index contributed by atoms with van der Waals surface area (Å²) < 4.78 is 32.0. The van der Waals surface area contributed by atoms with E-state index in [0.29, 0.717) is 36.7 Å². The molecule has 3 aromatic rings. The Morgan fingerprint density at radius 3 is 2.69 bits per heavy atom. The summed E-state index contributed by atoms with van der Waals surface area (Å²) in [6.07, 6.45) is 4.35. The third-order valence-corrected chi connectivity index (χ3v) is 7.49. The van der Waals surface area contributed by atoms with E-state index in [1.165, 1.54) is 10.9 Å². The van der Waals surface area contributed by atoms with Crippen molar-refractivity contribution in [3.05, 3.63) is 59.8 Å². The maximum absolute atomic E-state index is 13.1. The number of rotatable bonds is 7. The van der Waals surface area contributed by atoms with Gasteiger partial charge in [0.2, 0.25) is 10.0 Å². The van der Waals surface area contributed by atoms with Gasteiger partial charge in [-0.3, -0.25) is 9.52 Å². The average Bonchev–Trinajstić information content (AvgIpc) is 3.21. The van der Waals surface area contributed by atoms with Gasteiger partial charge in [0.15, 0.2) is 0 Å². The third-order valence-electron chi connectivity index (χ3n) is 6.00. The van der Waals surface area contributed by atoms with Crippen molar-refractivity contribution in [3.63, 3.8) is 0 Å². The number of benzene rings is 2. The topological polar surface area (TPSA) is 91.5 Å². The Hall–Kier alpha value is -3.00. The number of hydrogen-bond donors (Lipinski definition) is 2. The highest BCUT2D eigenvalue weighted by molar-refractivity contribution is 7.92. The molecule has 1 aliphatic heterocycles. The summed E-state index contributed by atoms with van der Waals surface area (Å²) in [5.41, 5.74) is 3.27. The summed E-state index contributed by atoms with van der Waals surface area (Å²) in [6.45, 7) is 3.13. The SMILES string of the molecule is CCCS(=O)(=O)Nc1cccc(C(=O)N2CCC(c3c[nH]c4ccc(OC)cc34)CC2)c1. The predicted octanol–water partition coefficient (Wildman–Crippen LogP) is 4.35. The molecule has 1 aliphatic rings. The van der Waals surface area contributed by atoms with Crippen LogP contribution in [0.1, 0.15) is 48.0 Å². The minimum absolute atomic E-state index is 0.0540. The number of amides is 1. The van der Waals surface area contributed by atoms with Gasteiger partial charge in [-0.1, -0.05) is 13.0 Å². The molecular weight excluding hydrogens is 426 g/mol. The molecule has 4 rings (SSSR count). The van der Waals surface area contributed by atoms with Gasteiger partial charge < -0.3 is 14.6 Å². The lowest BCUT2D eigenvalue weighted by Crippen LogP contribution is -2.37. The Morgan fingerprint density at radius 1 is 1.19 bits per heavy atom. The van der Waals surface area contributed by atoms with Crippen molar-refractivity contribution in [1.82, 2.24) is 9.88 Å². The lowest BCUT2D eigenvalue weighted by Gasteiger charge is -2.32. The van der Waals surface area contributed by atoms with E-state index in [1.54, 1.807) is 31.4 Å². The Kier molecular flexibility index (Phi) is 6.41. The maximum atomic E-state index is 13.1. The van der Waals surface area contributed by atoms with E-state index < -0.39 is 10.0 Å². The van der Waals surface area contributed by atoms with Gasteiger partial charge in [-0.2, -0.15) is 0 Å². The van der Waals surface area contributed by atoms with Crippen molar-refractivity contribution in [2.45, 2.75) is 32.1 Å². The van der Waals surface area contributed by atoms with Crippen LogP contribution in [0.5, 0.6) is 5.75 Å². The molecule has 0 bridgehead atoms. The number of carbonyl (C=O) groups excluding carboxylic acids is 1. The number of likely N-dealkylation sites (tertiary alicyclic amines) is 1. The van der Waals surface area contributed by atoms with Gasteiger partial charge in [-0.15, -0.1) is 0 Å². The van der Waals surface area contributed by atoms with E-state index in [1.807, 2.05) is 24.0 Å². The van der Waals surface area contributed by atoms with Gasteiger partial charge >= 0.3 is 0 Å². The number of nitrogens with one attached hydrogen (secondary N) is 2. The van der Waals surface area contributed by atoms with E-state index in [-0.39, 0.29) is 11.7 Å². The average molecular weight is 456 g/mol. The number of methoxy groups -OCH3 is 1. The van der Waals surface area contributed by atoms with Crippen molar-refractivity contribution in [2.75, 3.05) is 30.7 Å². The van der Waals surface area contributed by atoms with Crippen molar-refractivity contribution in [3.8, 4) is 5.75 Å².